The van der Waals surface area contributed by atoms with Gasteiger partial charge in [0, 0.05) is 12.6 Å². The number of anilines is 1. The summed E-state index contributed by atoms with van der Waals surface area (Å²) in [6.45, 7) is 2.61. The second kappa shape index (κ2) is 8.06. The van der Waals surface area contributed by atoms with Crippen LogP contribution in [0.15, 0.2) is 12.3 Å². The van der Waals surface area contributed by atoms with E-state index in [0.29, 0.717) is 17.3 Å². The maximum atomic E-state index is 11.7. The molecule has 0 saturated carbocycles. The molecule has 0 aliphatic carbocycles. The van der Waals surface area contributed by atoms with E-state index in [2.05, 4.69) is 10.3 Å². The SMILES string of the molecule is Cc1ccnc(Cl)c1NC(=O)CCCCCCN. The zero-order valence-electron chi connectivity index (χ0n) is 10.7. The average Bonchev–Trinajstić information content (AvgIpc) is 2.34. The molecule has 1 amide bonds. The van der Waals surface area contributed by atoms with Crippen LogP contribution in [0.2, 0.25) is 5.15 Å². The Hall–Kier alpha value is -1.13. The number of nitrogens with two attached hydrogens (primary N) is 1. The summed E-state index contributed by atoms with van der Waals surface area (Å²) in [4.78, 5) is 15.7. The summed E-state index contributed by atoms with van der Waals surface area (Å²) in [5, 5.41) is 3.15. The Morgan fingerprint density at radius 3 is 2.78 bits per heavy atom. The highest BCUT2D eigenvalue weighted by Crippen LogP contribution is 2.22. The zero-order chi connectivity index (χ0) is 13.4. The van der Waals surface area contributed by atoms with Crippen molar-refractivity contribution in [1.29, 1.82) is 0 Å². The van der Waals surface area contributed by atoms with Crippen LogP contribution in [0.5, 0.6) is 0 Å². The summed E-state index contributed by atoms with van der Waals surface area (Å²) in [6, 6.07) is 1.82. The molecule has 1 aromatic rings. The molecule has 0 aliphatic heterocycles. The first-order valence-corrected chi connectivity index (χ1v) is 6.64. The summed E-state index contributed by atoms with van der Waals surface area (Å²) < 4.78 is 0. The van der Waals surface area contributed by atoms with E-state index in [-0.39, 0.29) is 5.91 Å². The number of aryl methyl sites for hydroxylation is 1. The molecule has 0 bridgehead atoms. The Morgan fingerprint density at radius 2 is 2.11 bits per heavy atom. The number of halogens is 1. The summed E-state index contributed by atoms with van der Waals surface area (Å²) in [5.41, 5.74) is 6.94. The fourth-order valence-corrected chi connectivity index (χ4v) is 1.91. The molecule has 0 saturated heterocycles. The molecule has 0 radical (unpaired) electrons. The van der Waals surface area contributed by atoms with Crippen molar-refractivity contribution in [3.8, 4) is 0 Å². The monoisotopic (exact) mass is 269 g/mol. The standard InChI is InChI=1S/C13H20ClN3O/c1-10-7-9-16-13(14)12(10)17-11(18)6-4-2-3-5-8-15/h7,9H,2-6,8,15H2,1H3,(H,17,18). The van der Waals surface area contributed by atoms with Crippen LogP contribution in [0.1, 0.15) is 37.7 Å². The van der Waals surface area contributed by atoms with Gasteiger partial charge in [0.2, 0.25) is 5.91 Å². The Balaban J connectivity index is 2.36. The molecule has 1 heterocycles. The molecule has 0 aliphatic rings. The first-order chi connectivity index (χ1) is 8.65. The average molecular weight is 270 g/mol. The fourth-order valence-electron chi connectivity index (χ4n) is 1.66. The van der Waals surface area contributed by atoms with Gasteiger partial charge in [0.25, 0.3) is 0 Å². The lowest BCUT2D eigenvalue weighted by Gasteiger charge is -2.09. The quantitative estimate of drug-likeness (QED) is 0.591. The van der Waals surface area contributed by atoms with Gasteiger partial charge in [-0.15, -0.1) is 0 Å². The molecule has 1 aromatic heterocycles. The third-order valence-corrected chi connectivity index (χ3v) is 3.02. The van der Waals surface area contributed by atoms with E-state index >= 15 is 0 Å². The Kier molecular flexibility index (Phi) is 6.68. The van der Waals surface area contributed by atoms with Crippen molar-refractivity contribution in [2.24, 2.45) is 5.73 Å². The van der Waals surface area contributed by atoms with E-state index in [0.717, 1.165) is 37.8 Å². The van der Waals surface area contributed by atoms with Gasteiger partial charge in [-0.2, -0.15) is 0 Å². The molecule has 0 fully saturated rings. The highest BCUT2D eigenvalue weighted by molar-refractivity contribution is 6.32. The van der Waals surface area contributed by atoms with Crippen molar-refractivity contribution in [2.45, 2.75) is 39.0 Å². The second-order valence-corrected chi connectivity index (χ2v) is 4.65. The Bertz CT molecular complexity index is 376. The molecule has 0 unspecified atom stereocenters. The predicted octanol–water partition coefficient (Wildman–Crippen LogP) is 2.89. The number of unbranched alkanes of at least 4 members (excludes halogenated alkanes) is 3. The molecule has 3 N–H and O–H groups in total. The molecule has 4 nitrogen and oxygen atoms in total. The van der Waals surface area contributed by atoms with E-state index in [1.54, 1.807) is 6.20 Å². The van der Waals surface area contributed by atoms with Gasteiger partial charge in [-0.25, -0.2) is 4.98 Å². The lowest BCUT2D eigenvalue weighted by atomic mass is 10.1. The molecule has 100 valence electrons. The second-order valence-electron chi connectivity index (χ2n) is 4.29. The molecule has 1 rings (SSSR count). The minimum atomic E-state index is -0.0132. The molecule has 5 heteroatoms. The van der Waals surface area contributed by atoms with Crippen molar-refractivity contribution >= 4 is 23.2 Å². The van der Waals surface area contributed by atoms with E-state index in [9.17, 15) is 4.79 Å². The largest absolute Gasteiger partial charge is 0.330 e. The van der Waals surface area contributed by atoms with Gasteiger partial charge in [0.1, 0.15) is 0 Å². The highest BCUT2D eigenvalue weighted by atomic mass is 35.5. The fraction of sp³-hybridized carbons (Fsp3) is 0.538. The summed E-state index contributed by atoms with van der Waals surface area (Å²) in [7, 11) is 0. The van der Waals surface area contributed by atoms with Gasteiger partial charge in [-0.3, -0.25) is 4.79 Å². The predicted molar refractivity (Wildman–Crippen MR) is 74.8 cm³/mol. The van der Waals surface area contributed by atoms with Crippen LogP contribution >= 0.6 is 11.6 Å². The number of amides is 1. The third-order valence-electron chi connectivity index (χ3n) is 2.74. The molecule has 0 atom stereocenters. The lowest BCUT2D eigenvalue weighted by Crippen LogP contribution is -2.13. The topological polar surface area (TPSA) is 68.0 Å². The number of rotatable bonds is 7. The van der Waals surface area contributed by atoms with Crippen LogP contribution < -0.4 is 11.1 Å². The van der Waals surface area contributed by atoms with Crippen LogP contribution in [-0.4, -0.2) is 17.4 Å². The molecule has 0 aromatic carbocycles. The molecule has 18 heavy (non-hydrogen) atoms. The first-order valence-electron chi connectivity index (χ1n) is 6.26. The highest BCUT2D eigenvalue weighted by Gasteiger charge is 2.08. The normalized spacial score (nSPS) is 10.4. The number of carbonyl (C=O) groups is 1. The van der Waals surface area contributed by atoms with E-state index < -0.39 is 0 Å². The number of nitrogens with one attached hydrogen (secondary N) is 1. The molecular formula is C13H20ClN3O. The number of pyridine rings is 1. The van der Waals surface area contributed by atoms with Gasteiger partial charge in [-0.05, 0) is 37.9 Å². The van der Waals surface area contributed by atoms with Crippen LogP contribution in [0.25, 0.3) is 0 Å². The number of hydrogen-bond acceptors (Lipinski definition) is 3. The number of hydrogen-bond donors (Lipinski definition) is 2. The Morgan fingerprint density at radius 1 is 1.39 bits per heavy atom. The number of nitrogens with zero attached hydrogens (tertiary/aromatic N) is 1. The number of carbonyl (C=O) groups excluding carboxylic acids is 1. The van der Waals surface area contributed by atoms with Gasteiger partial charge < -0.3 is 11.1 Å². The van der Waals surface area contributed by atoms with Crippen LogP contribution in [0, 0.1) is 6.92 Å². The maximum absolute atomic E-state index is 11.7. The number of aromatic nitrogens is 1. The van der Waals surface area contributed by atoms with Crippen LogP contribution in [0.3, 0.4) is 0 Å². The maximum Gasteiger partial charge on any atom is 0.224 e. The molecular weight excluding hydrogens is 250 g/mol. The zero-order valence-corrected chi connectivity index (χ0v) is 11.5. The van der Waals surface area contributed by atoms with Gasteiger partial charge in [-0.1, -0.05) is 24.4 Å². The first kappa shape index (κ1) is 14.9. The van der Waals surface area contributed by atoms with E-state index in [1.807, 2.05) is 13.0 Å². The van der Waals surface area contributed by atoms with Crippen LogP contribution in [-0.2, 0) is 4.79 Å². The van der Waals surface area contributed by atoms with Crippen molar-refractivity contribution < 1.29 is 4.79 Å². The van der Waals surface area contributed by atoms with Crippen molar-refractivity contribution in [3.05, 3.63) is 23.0 Å². The van der Waals surface area contributed by atoms with E-state index in [1.165, 1.54) is 0 Å². The smallest absolute Gasteiger partial charge is 0.224 e. The van der Waals surface area contributed by atoms with Gasteiger partial charge in [0.15, 0.2) is 5.15 Å². The van der Waals surface area contributed by atoms with Crippen molar-refractivity contribution in [3.63, 3.8) is 0 Å². The van der Waals surface area contributed by atoms with Crippen molar-refractivity contribution in [1.82, 2.24) is 4.98 Å². The summed E-state index contributed by atoms with van der Waals surface area (Å²) in [6.07, 6.45) is 6.15. The third kappa shape index (κ3) is 5.02. The van der Waals surface area contributed by atoms with Gasteiger partial charge >= 0.3 is 0 Å². The Labute approximate surface area is 113 Å². The van der Waals surface area contributed by atoms with Gasteiger partial charge in [0.05, 0.1) is 5.69 Å². The van der Waals surface area contributed by atoms with Crippen molar-refractivity contribution in [2.75, 3.05) is 11.9 Å². The minimum Gasteiger partial charge on any atom is -0.330 e. The van der Waals surface area contributed by atoms with E-state index in [4.69, 9.17) is 17.3 Å². The summed E-state index contributed by atoms with van der Waals surface area (Å²) in [5.74, 6) is -0.0132. The summed E-state index contributed by atoms with van der Waals surface area (Å²) >= 11 is 5.94. The minimum absolute atomic E-state index is 0.0132. The van der Waals surface area contributed by atoms with Crippen LogP contribution in [0.4, 0.5) is 5.69 Å². The lowest BCUT2D eigenvalue weighted by molar-refractivity contribution is -0.116. The molecule has 0 spiro atoms.